The van der Waals surface area contributed by atoms with Crippen LogP contribution in [0.3, 0.4) is 0 Å². The van der Waals surface area contributed by atoms with E-state index in [9.17, 15) is 4.79 Å². The van der Waals surface area contributed by atoms with Gasteiger partial charge in [0.25, 0.3) is 0 Å². The van der Waals surface area contributed by atoms with Gasteiger partial charge >= 0.3 is 5.97 Å². The maximum Gasteiger partial charge on any atom is 0.371 e. The van der Waals surface area contributed by atoms with E-state index in [0.29, 0.717) is 11.8 Å². The molecular formula is C11H17NO3. The molecule has 0 bridgehead atoms. The van der Waals surface area contributed by atoms with Gasteiger partial charge in [-0.2, -0.15) is 0 Å². The fourth-order valence-corrected chi connectivity index (χ4v) is 1.43. The van der Waals surface area contributed by atoms with Crippen LogP contribution in [0.4, 0.5) is 5.88 Å². The van der Waals surface area contributed by atoms with Gasteiger partial charge in [-0.15, -0.1) is 0 Å². The van der Waals surface area contributed by atoms with Crippen LogP contribution in [-0.4, -0.2) is 24.2 Å². The predicted octanol–water partition coefficient (Wildman–Crippen LogP) is 2.46. The second-order valence-corrected chi connectivity index (χ2v) is 3.88. The number of rotatable bonds is 5. The molecule has 0 aromatic carbocycles. The van der Waals surface area contributed by atoms with E-state index in [4.69, 9.17) is 9.52 Å². The zero-order valence-electron chi connectivity index (χ0n) is 9.36. The maximum absolute atomic E-state index is 10.6. The van der Waals surface area contributed by atoms with Gasteiger partial charge in [-0.05, 0) is 18.9 Å². The highest BCUT2D eigenvalue weighted by Gasteiger charge is 2.13. The molecule has 0 unspecified atom stereocenters. The lowest BCUT2D eigenvalue weighted by Crippen LogP contribution is -2.26. The van der Waals surface area contributed by atoms with Gasteiger partial charge in [0.2, 0.25) is 5.76 Å². The summed E-state index contributed by atoms with van der Waals surface area (Å²) in [6, 6.07) is 3.19. The first-order valence-corrected chi connectivity index (χ1v) is 5.12. The molecule has 1 rings (SSSR count). The average molecular weight is 211 g/mol. The van der Waals surface area contributed by atoms with E-state index in [2.05, 4.69) is 13.8 Å². The highest BCUT2D eigenvalue weighted by Crippen LogP contribution is 2.19. The number of anilines is 1. The van der Waals surface area contributed by atoms with Crippen LogP contribution in [0.25, 0.3) is 0 Å². The summed E-state index contributed by atoms with van der Waals surface area (Å²) in [6.45, 7) is 7.92. The Kier molecular flexibility index (Phi) is 3.77. The van der Waals surface area contributed by atoms with Crippen LogP contribution in [0.5, 0.6) is 0 Å². The first-order chi connectivity index (χ1) is 7.04. The lowest BCUT2D eigenvalue weighted by Gasteiger charge is -2.21. The van der Waals surface area contributed by atoms with Crippen molar-refractivity contribution in [3.8, 4) is 0 Å². The molecule has 1 aromatic rings. The van der Waals surface area contributed by atoms with E-state index in [1.165, 1.54) is 6.07 Å². The van der Waals surface area contributed by atoms with Crippen LogP contribution in [0.15, 0.2) is 16.5 Å². The number of furan rings is 1. The summed E-state index contributed by atoms with van der Waals surface area (Å²) >= 11 is 0. The Morgan fingerprint density at radius 3 is 2.60 bits per heavy atom. The number of carbonyl (C=O) groups is 1. The molecule has 0 spiro atoms. The van der Waals surface area contributed by atoms with E-state index >= 15 is 0 Å². The number of carboxylic acids is 1. The van der Waals surface area contributed by atoms with Gasteiger partial charge in [0.1, 0.15) is 0 Å². The zero-order valence-corrected chi connectivity index (χ0v) is 9.36. The molecule has 0 saturated carbocycles. The molecule has 4 heteroatoms. The van der Waals surface area contributed by atoms with Crippen molar-refractivity contribution in [2.75, 3.05) is 18.0 Å². The quantitative estimate of drug-likeness (QED) is 0.812. The van der Waals surface area contributed by atoms with Gasteiger partial charge in [0, 0.05) is 19.2 Å². The van der Waals surface area contributed by atoms with Crippen molar-refractivity contribution < 1.29 is 14.3 Å². The fraction of sp³-hybridized carbons (Fsp3) is 0.545. The minimum Gasteiger partial charge on any atom is -0.475 e. The summed E-state index contributed by atoms with van der Waals surface area (Å²) in [5, 5.41) is 8.72. The van der Waals surface area contributed by atoms with Crippen molar-refractivity contribution in [2.45, 2.75) is 20.8 Å². The van der Waals surface area contributed by atoms with E-state index in [1.54, 1.807) is 6.07 Å². The van der Waals surface area contributed by atoms with Gasteiger partial charge in [-0.1, -0.05) is 13.8 Å². The molecule has 4 nitrogen and oxygen atoms in total. The third-order valence-corrected chi connectivity index (χ3v) is 2.08. The van der Waals surface area contributed by atoms with Crippen molar-refractivity contribution in [3.05, 3.63) is 17.9 Å². The van der Waals surface area contributed by atoms with Crippen molar-refractivity contribution >= 4 is 11.9 Å². The third-order valence-electron chi connectivity index (χ3n) is 2.08. The first kappa shape index (κ1) is 11.6. The maximum atomic E-state index is 10.6. The standard InChI is InChI=1S/C11H17NO3/c1-4-12(7-8(2)3)10-6-5-9(15-10)11(13)14/h5-6,8H,4,7H2,1-3H3,(H,13,14). The lowest BCUT2D eigenvalue weighted by molar-refractivity contribution is 0.0663. The van der Waals surface area contributed by atoms with E-state index in [-0.39, 0.29) is 5.76 Å². The van der Waals surface area contributed by atoms with Crippen LogP contribution >= 0.6 is 0 Å². The molecule has 0 aliphatic heterocycles. The smallest absolute Gasteiger partial charge is 0.371 e. The lowest BCUT2D eigenvalue weighted by atomic mass is 10.2. The van der Waals surface area contributed by atoms with Gasteiger partial charge in [-0.25, -0.2) is 4.79 Å². The first-order valence-electron chi connectivity index (χ1n) is 5.12. The fourth-order valence-electron chi connectivity index (χ4n) is 1.43. The Hall–Kier alpha value is -1.45. The molecule has 0 amide bonds. The second kappa shape index (κ2) is 4.87. The Balaban J connectivity index is 2.78. The third kappa shape index (κ3) is 3.01. The Bertz CT molecular complexity index is 330. The average Bonchev–Trinajstić information content (AvgIpc) is 2.62. The van der Waals surface area contributed by atoms with Crippen molar-refractivity contribution in [2.24, 2.45) is 5.92 Å². The molecule has 0 saturated heterocycles. The molecule has 1 N–H and O–H groups in total. The van der Waals surface area contributed by atoms with Crippen LogP contribution in [0.1, 0.15) is 31.3 Å². The summed E-state index contributed by atoms with van der Waals surface area (Å²) in [6.07, 6.45) is 0. The Labute approximate surface area is 89.5 Å². The van der Waals surface area contributed by atoms with Crippen molar-refractivity contribution in [1.82, 2.24) is 0 Å². The minimum absolute atomic E-state index is 0.00722. The summed E-state index contributed by atoms with van der Waals surface area (Å²) < 4.78 is 5.23. The van der Waals surface area contributed by atoms with Crippen LogP contribution in [0, 0.1) is 5.92 Å². The van der Waals surface area contributed by atoms with Gasteiger partial charge in [0.15, 0.2) is 5.88 Å². The topological polar surface area (TPSA) is 53.7 Å². The van der Waals surface area contributed by atoms with Crippen LogP contribution in [0.2, 0.25) is 0 Å². The predicted molar refractivity (Wildman–Crippen MR) is 58.4 cm³/mol. The molecule has 0 radical (unpaired) electrons. The molecule has 84 valence electrons. The normalized spacial score (nSPS) is 10.7. The molecular weight excluding hydrogens is 194 g/mol. The molecule has 0 fully saturated rings. The van der Waals surface area contributed by atoms with Crippen molar-refractivity contribution in [1.29, 1.82) is 0 Å². The van der Waals surface area contributed by atoms with Gasteiger partial charge < -0.3 is 14.4 Å². The summed E-state index contributed by atoms with van der Waals surface area (Å²) in [5.41, 5.74) is 0. The van der Waals surface area contributed by atoms with Gasteiger partial charge in [0.05, 0.1) is 0 Å². The molecule has 0 atom stereocenters. The molecule has 1 heterocycles. The Morgan fingerprint density at radius 1 is 1.53 bits per heavy atom. The highest BCUT2D eigenvalue weighted by molar-refractivity contribution is 5.84. The molecule has 0 aliphatic carbocycles. The molecule has 0 aliphatic rings. The number of hydrogen-bond acceptors (Lipinski definition) is 3. The summed E-state index contributed by atoms with van der Waals surface area (Å²) in [4.78, 5) is 12.7. The number of carboxylic acid groups (broad SMARTS) is 1. The Morgan fingerprint density at radius 2 is 2.20 bits per heavy atom. The largest absolute Gasteiger partial charge is 0.475 e. The minimum atomic E-state index is -1.03. The van der Waals surface area contributed by atoms with Gasteiger partial charge in [-0.3, -0.25) is 0 Å². The van der Waals surface area contributed by atoms with E-state index in [1.807, 2.05) is 11.8 Å². The monoisotopic (exact) mass is 211 g/mol. The molecule has 15 heavy (non-hydrogen) atoms. The number of hydrogen-bond donors (Lipinski definition) is 1. The van der Waals surface area contributed by atoms with Crippen LogP contribution in [-0.2, 0) is 0 Å². The number of aromatic carboxylic acids is 1. The second-order valence-electron chi connectivity index (χ2n) is 3.88. The summed E-state index contributed by atoms with van der Waals surface area (Å²) in [7, 11) is 0. The zero-order chi connectivity index (χ0) is 11.4. The highest BCUT2D eigenvalue weighted by atomic mass is 16.4. The van der Waals surface area contributed by atoms with E-state index in [0.717, 1.165) is 13.1 Å². The van der Waals surface area contributed by atoms with Crippen molar-refractivity contribution in [3.63, 3.8) is 0 Å². The van der Waals surface area contributed by atoms with E-state index < -0.39 is 5.97 Å². The summed E-state index contributed by atoms with van der Waals surface area (Å²) in [5.74, 6) is 0.112. The van der Waals surface area contributed by atoms with Crippen LogP contribution < -0.4 is 4.90 Å². The number of nitrogens with zero attached hydrogens (tertiary/aromatic N) is 1. The molecule has 1 aromatic heterocycles. The SMILES string of the molecule is CCN(CC(C)C)c1ccc(C(=O)O)o1.